The Balaban J connectivity index is 2.41. The second kappa shape index (κ2) is 4.45. The van der Waals surface area contributed by atoms with Crippen LogP contribution in [0.25, 0.3) is 0 Å². The fourth-order valence-electron chi connectivity index (χ4n) is 1.88. The summed E-state index contributed by atoms with van der Waals surface area (Å²) in [6.45, 7) is 1.73. The number of amides is 1. The minimum atomic E-state index is 0.0142. The van der Waals surface area contributed by atoms with Crippen molar-refractivity contribution in [2.45, 2.75) is 38.6 Å². The first-order chi connectivity index (χ1) is 5.74. The molecule has 0 aromatic heterocycles. The van der Waals surface area contributed by atoms with Crippen molar-refractivity contribution >= 4 is 5.91 Å². The van der Waals surface area contributed by atoms with Crippen molar-refractivity contribution in [3.63, 3.8) is 0 Å². The normalized spacial score (nSPS) is 29.8. The summed E-state index contributed by atoms with van der Waals surface area (Å²) in [5.41, 5.74) is 0. The molecule has 0 aliphatic heterocycles. The fourth-order valence-corrected chi connectivity index (χ4v) is 1.88. The number of hydrogen-bond donors (Lipinski definition) is 2. The van der Waals surface area contributed by atoms with Gasteiger partial charge in [0.15, 0.2) is 0 Å². The van der Waals surface area contributed by atoms with Crippen LogP contribution in [0, 0.1) is 5.92 Å². The monoisotopic (exact) mass is 171 g/mol. The van der Waals surface area contributed by atoms with Crippen LogP contribution in [0.2, 0.25) is 0 Å². The maximum atomic E-state index is 10.8. The first kappa shape index (κ1) is 9.52. The van der Waals surface area contributed by atoms with Crippen LogP contribution < -0.4 is 5.32 Å². The van der Waals surface area contributed by atoms with E-state index in [9.17, 15) is 4.79 Å². The maximum absolute atomic E-state index is 10.8. The van der Waals surface area contributed by atoms with Crippen molar-refractivity contribution in [3.05, 3.63) is 0 Å². The Bertz CT molecular complexity index is 159. The molecular weight excluding hydrogens is 154 g/mol. The van der Waals surface area contributed by atoms with Gasteiger partial charge >= 0.3 is 0 Å². The summed E-state index contributed by atoms with van der Waals surface area (Å²) in [4.78, 5) is 10.8. The number of carbonyl (C=O) groups excluding carboxylic acids is 1. The van der Waals surface area contributed by atoms with E-state index in [2.05, 4.69) is 5.32 Å². The van der Waals surface area contributed by atoms with Gasteiger partial charge in [-0.3, -0.25) is 4.79 Å². The highest BCUT2D eigenvalue weighted by atomic mass is 16.3. The van der Waals surface area contributed by atoms with Gasteiger partial charge in [0, 0.05) is 25.5 Å². The summed E-state index contributed by atoms with van der Waals surface area (Å²) in [6.07, 6.45) is 4.41. The maximum Gasteiger partial charge on any atom is 0.217 e. The first-order valence-electron chi connectivity index (χ1n) is 4.62. The first-order valence-corrected chi connectivity index (χ1v) is 4.62. The van der Waals surface area contributed by atoms with Gasteiger partial charge in [0.1, 0.15) is 0 Å². The lowest BCUT2D eigenvalue weighted by Crippen LogP contribution is -2.42. The molecule has 0 aromatic rings. The third-order valence-electron chi connectivity index (χ3n) is 2.53. The number of carbonyl (C=O) groups is 1. The number of rotatable bonds is 2. The quantitative estimate of drug-likeness (QED) is 0.641. The summed E-state index contributed by atoms with van der Waals surface area (Å²) < 4.78 is 0. The highest BCUT2D eigenvalue weighted by molar-refractivity contribution is 5.73. The van der Waals surface area contributed by atoms with Gasteiger partial charge in [-0.1, -0.05) is 12.8 Å². The molecule has 0 heterocycles. The van der Waals surface area contributed by atoms with Crippen LogP contribution in [0.1, 0.15) is 32.6 Å². The minimum absolute atomic E-state index is 0.0142. The molecule has 0 saturated heterocycles. The van der Waals surface area contributed by atoms with Crippen LogP contribution in [0.15, 0.2) is 0 Å². The summed E-state index contributed by atoms with van der Waals surface area (Å²) in [5, 5.41) is 11.9. The molecule has 0 radical (unpaired) electrons. The summed E-state index contributed by atoms with van der Waals surface area (Å²) in [5.74, 6) is 0.294. The Morgan fingerprint density at radius 1 is 1.50 bits per heavy atom. The Labute approximate surface area is 73.2 Å². The van der Waals surface area contributed by atoms with Gasteiger partial charge in [0.05, 0.1) is 0 Å². The van der Waals surface area contributed by atoms with Gasteiger partial charge in [-0.15, -0.1) is 0 Å². The second-order valence-corrected chi connectivity index (χ2v) is 3.53. The Morgan fingerprint density at radius 3 is 2.75 bits per heavy atom. The zero-order valence-corrected chi connectivity index (χ0v) is 7.55. The van der Waals surface area contributed by atoms with Gasteiger partial charge < -0.3 is 10.4 Å². The Morgan fingerprint density at radius 2 is 2.17 bits per heavy atom. The zero-order chi connectivity index (χ0) is 8.97. The average molecular weight is 171 g/mol. The molecule has 2 atom stereocenters. The van der Waals surface area contributed by atoms with Crippen LogP contribution in [0.3, 0.4) is 0 Å². The third kappa shape index (κ3) is 2.48. The molecule has 0 bridgehead atoms. The van der Waals surface area contributed by atoms with Crippen LogP contribution in [0.4, 0.5) is 0 Å². The van der Waals surface area contributed by atoms with Crippen molar-refractivity contribution in [1.29, 1.82) is 0 Å². The number of hydrogen-bond acceptors (Lipinski definition) is 2. The smallest absolute Gasteiger partial charge is 0.217 e. The number of nitrogens with one attached hydrogen (secondary N) is 1. The molecule has 1 rings (SSSR count). The molecule has 2 N–H and O–H groups in total. The molecule has 3 heteroatoms. The lowest BCUT2D eigenvalue weighted by atomic mass is 9.85. The minimum Gasteiger partial charge on any atom is -0.396 e. The Kier molecular flexibility index (Phi) is 3.53. The summed E-state index contributed by atoms with van der Waals surface area (Å²) in [6, 6.07) is 0.209. The highest BCUT2D eigenvalue weighted by Gasteiger charge is 2.24. The molecule has 12 heavy (non-hydrogen) atoms. The predicted molar refractivity (Wildman–Crippen MR) is 46.6 cm³/mol. The molecule has 0 unspecified atom stereocenters. The molecule has 0 spiro atoms. The van der Waals surface area contributed by atoms with Gasteiger partial charge in [-0.2, -0.15) is 0 Å². The Hall–Kier alpha value is -0.570. The topological polar surface area (TPSA) is 49.3 Å². The van der Waals surface area contributed by atoms with Crippen molar-refractivity contribution in [1.82, 2.24) is 5.32 Å². The predicted octanol–water partition coefficient (Wildman–Crippen LogP) is 0.674. The van der Waals surface area contributed by atoms with E-state index in [1.165, 1.54) is 19.8 Å². The van der Waals surface area contributed by atoms with E-state index in [-0.39, 0.29) is 24.5 Å². The molecule has 1 aliphatic carbocycles. The van der Waals surface area contributed by atoms with Crippen molar-refractivity contribution < 1.29 is 9.90 Å². The van der Waals surface area contributed by atoms with E-state index in [0.29, 0.717) is 0 Å². The molecule has 1 aliphatic rings. The van der Waals surface area contributed by atoms with Crippen LogP contribution in [-0.4, -0.2) is 23.7 Å². The molecule has 1 amide bonds. The summed E-state index contributed by atoms with van der Waals surface area (Å²) >= 11 is 0. The van der Waals surface area contributed by atoms with E-state index in [0.717, 1.165) is 12.8 Å². The standard InChI is InChI=1S/C9H17NO2/c1-7(12)10-9-5-3-2-4-8(9)6-11/h8-9,11H,2-6H2,1H3,(H,10,12)/t8-,9-/m0/s1. The van der Waals surface area contributed by atoms with Crippen LogP contribution in [-0.2, 0) is 4.79 Å². The van der Waals surface area contributed by atoms with Crippen molar-refractivity contribution in [2.24, 2.45) is 5.92 Å². The van der Waals surface area contributed by atoms with Crippen LogP contribution in [0.5, 0.6) is 0 Å². The van der Waals surface area contributed by atoms with E-state index >= 15 is 0 Å². The van der Waals surface area contributed by atoms with E-state index in [1.807, 2.05) is 0 Å². The van der Waals surface area contributed by atoms with Crippen LogP contribution >= 0.6 is 0 Å². The largest absolute Gasteiger partial charge is 0.396 e. The number of aliphatic hydroxyl groups excluding tert-OH is 1. The fraction of sp³-hybridized carbons (Fsp3) is 0.889. The van der Waals surface area contributed by atoms with Crippen molar-refractivity contribution in [3.8, 4) is 0 Å². The molecule has 1 fully saturated rings. The molecule has 1 saturated carbocycles. The van der Waals surface area contributed by atoms with Gasteiger partial charge in [0.2, 0.25) is 5.91 Å². The average Bonchev–Trinajstić information content (AvgIpc) is 2.04. The lowest BCUT2D eigenvalue weighted by Gasteiger charge is -2.30. The molecule has 70 valence electrons. The van der Waals surface area contributed by atoms with Gasteiger partial charge in [0.25, 0.3) is 0 Å². The third-order valence-corrected chi connectivity index (χ3v) is 2.53. The van der Waals surface area contributed by atoms with Gasteiger partial charge in [-0.05, 0) is 12.8 Å². The van der Waals surface area contributed by atoms with Gasteiger partial charge in [-0.25, -0.2) is 0 Å². The lowest BCUT2D eigenvalue weighted by molar-refractivity contribution is -0.120. The SMILES string of the molecule is CC(=O)N[C@H]1CCCC[C@H]1CO. The molecule has 3 nitrogen and oxygen atoms in total. The van der Waals surface area contributed by atoms with E-state index < -0.39 is 0 Å². The van der Waals surface area contributed by atoms with E-state index in [1.54, 1.807) is 0 Å². The zero-order valence-electron chi connectivity index (χ0n) is 7.55. The highest BCUT2D eigenvalue weighted by Crippen LogP contribution is 2.23. The summed E-state index contributed by atoms with van der Waals surface area (Å²) in [7, 11) is 0. The van der Waals surface area contributed by atoms with Crippen molar-refractivity contribution in [2.75, 3.05) is 6.61 Å². The second-order valence-electron chi connectivity index (χ2n) is 3.53. The number of aliphatic hydroxyl groups is 1. The van der Waals surface area contributed by atoms with E-state index in [4.69, 9.17) is 5.11 Å². The molecular formula is C9H17NO2. The molecule has 0 aromatic carbocycles.